The van der Waals surface area contributed by atoms with Crippen molar-refractivity contribution in [2.45, 2.75) is 39.5 Å². The fraction of sp³-hybridized carbons (Fsp3) is 0.438. The Bertz CT molecular complexity index is 591. The Morgan fingerprint density at radius 1 is 1.19 bits per heavy atom. The number of nitrogens with two attached hydrogens (primary N) is 1. The van der Waals surface area contributed by atoms with Crippen LogP contribution in [0.25, 0.3) is 0 Å². The van der Waals surface area contributed by atoms with E-state index in [1.807, 2.05) is 42.1 Å². The molecule has 0 bridgehead atoms. The summed E-state index contributed by atoms with van der Waals surface area (Å²) in [6.07, 6.45) is 1.96. The van der Waals surface area contributed by atoms with E-state index in [0.29, 0.717) is 24.1 Å². The maximum absolute atomic E-state index is 5.87. The summed E-state index contributed by atoms with van der Waals surface area (Å²) in [4.78, 5) is 0. The first-order valence-electron chi connectivity index (χ1n) is 7.11. The van der Waals surface area contributed by atoms with E-state index in [-0.39, 0.29) is 6.04 Å². The molecule has 0 aliphatic rings. The van der Waals surface area contributed by atoms with Crippen LogP contribution >= 0.6 is 0 Å². The predicted octanol–water partition coefficient (Wildman–Crippen LogP) is 3.07. The zero-order valence-corrected chi connectivity index (χ0v) is 13.0. The van der Waals surface area contributed by atoms with E-state index in [2.05, 4.69) is 18.9 Å². The van der Waals surface area contributed by atoms with E-state index in [1.165, 1.54) is 0 Å². The zero-order valence-electron chi connectivity index (χ0n) is 13.0. The molecule has 1 heterocycles. The number of nitrogens with zero attached hydrogens (tertiary/aromatic N) is 2. The van der Waals surface area contributed by atoms with Gasteiger partial charge in [0.15, 0.2) is 11.5 Å². The summed E-state index contributed by atoms with van der Waals surface area (Å²) in [6.45, 7) is 6.53. The molecule has 0 amide bonds. The van der Waals surface area contributed by atoms with Gasteiger partial charge in [-0.2, -0.15) is 5.10 Å². The second kappa shape index (κ2) is 6.63. The minimum Gasteiger partial charge on any atom is -0.493 e. The van der Waals surface area contributed by atoms with Crippen LogP contribution in [0.3, 0.4) is 0 Å². The van der Waals surface area contributed by atoms with Crippen LogP contribution in [0.5, 0.6) is 11.5 Å². The molecule has 2 rings (SSSR count). The first kappa shape index (κ1) is 15.4. The Morgan fingerprint density at radius 3 is 2.52 bits per heavy atom. The molecule has 0 radical (unpaired) electrons. The SMILES string of the molecule is COc1cc(C(C)N)ccc1OCc1ccn(C(C)C)n1. The number of benzene rings is 1. The van der Waals surface area contributed by atoms with Crippen LogP contribution < -0.4 is 15.2 Å². The molecule has 0 fully saturated rings. The summed E-state index contributed by atoms with van der Waals surface area (Å²) in [7, 11) is 1.63. The van der Waals surface area contributed by atoms with Crippen LogP contribution in [-0.2, 0) is 6.61 Å². The minimum absolute atomic E-state index is 0.0327. The third-order valence-corrected chi connectivity index (χ3v) is 3.28. The Kier molecular flexibility index (Phi) is 4.85. The lowest BCUT2D eigenvalue weighted by Gasteiger charge is -2.13. The quantitative estimate of drug-likeness (QED) is 0.887. The molecule has 2 aromatic rings. The molecule has 1 unspecified atom stereocenters. The second-order valence-electron chi connectivity index (χ2n) is 5.37. The number of methoxy groups -OCH3 is 1. The molecule has 114 valence electrons. The highest BCUT2D eigenvalue weighted by atomic mass is 16.5. The Labute approximate surface area is 125 Å². The molecule has 21 heavy (non-hydrogen) atoms. The lowest BCUT2D eigenvalue weighted by atomic mass is 10.1. The van der Waals surface area contributed by atoms with Gasteiger partial charge in [-0.05, 0) is 44.5 Å². The monoisotopic (exact) mass is 289 g/mol. The summed E-state index contributed by atoms with van der Waals surface area (Å²) >= 11 is 0. The molecule has 5 heteroatoms. The van der Waals surface area contributed by atoms with Crippen molar-refractivity contribution in [3.63, 3.8) is 0 Å². The van der Waals surface area contributed by atoms with Crippen LogP contribution in [0.2, 0.25) is 0 Å². The van der Waals surface area contributed by atoms with Crippen molar-refractivity contribution in [1.29, 1.82) is 0 Å². The lowest BCUT2D eigenvalue weighted by Crippen LogP contribution is -2.06. The summed E-state index contributed by atoms with van der Waals surface area (Å²) in [5, 5.41) is 4.46. The molecule has 5 nitrogen and oxygen atoms in total. The third kappa shape index (κ3) is 3.76. The largest absolute Gasteiger partial charge is 0.493 e. The van der Waals surface area contributed by atoms with Crippen molar-refractivity contribution in [3.05, 3.63) is 41.7 Å². The van der Waals surface area contributed by atoms with Gasteiger partial charge in [0.25, 0.3) is 0 Å². The van der Waals surface area contributed by atoms with Gasteiger partial charge < -0.3 is 15.2 Å². The Morgan fingerprint density at radius 2 is 1.95 bits per heavy atom. The van der Waals surface area contributed by atoms with Gasteiger partial charge in [0.1, 0.15) is 6.61 Å². The van der Waals surface area contributed by atoms with Crippen LogP contribution in [-0.4, -0.2) is 16.9 Å². The van der Waals surface area contributed by atoms with Gasteiger partial charge in [-0.3, -0.25) is 4.68 Å². The number of rotatable bonds is 6. The van der Waals surface area contributed by atoms with E-state index in [1.54, 1.807) is 7.11 Å². The van der Waals surface area contributed by atoms with Crippen molar-refractivity contribution >= 4 is 0 Å². The minimum atomic E-state index is -0.0327. The van der Waals surface area contributed by atoms with Gasteiger partial charge in [0.2, 0.25) is 0 Å². The number of ether oxygens (including phenoxy) is 2. The van der Waals surface area contributed by atoms with E-state index in [0.717, 1.165) is 11.3 Å². The molecule has 1 aromatic heterocycles. The van der Waals surface area contributed by atoms with Gasteiger partial charge in [-0.25, -0.2) is 0 Å². The predicted molar refractivity (Wildman–Crippen MR) is 82.5 cm³/mol. The maximum atomic E-state index is 5.87. The molecule has 2 N–H and O–H groups in total. The van der Waals surface area contributed by atoms with Gasteiger partial charge >= 0.3 is 0 Å². The maximum Gasteiger partial charge on any atom is 0.161 e. The molecule has 0 spiro atoms. The molecular formula is C16H23N3O2. The molecule has 0 aliphatic heterocycles. The van der Waals surface area contributed by atoms with Gasteiger partial charge in [0, 0.05) is 18.3 Å². The van der Waals surface area contributed by atoms with E-state index in [9.17, 15) is 0 Å². The molecule has 0 aliphatic carbocycles. The summed E-state index contributed by atoms with van der Waals surface area (Å²) in [6, 6.07) is 8.02. The highest BCUT2D eigenvalue weighted by molar-refractivity contribution is 5.43. The lowest BCUT2D eigenvalue weighted by molar-refractivity contribution is 0.278. The number of hydrogen-bond donors (Lipinski definition) is 1. The standard InChI is InChI=1S/C16H23N3O2/c1-11(2)19-8-7-14(18-19)10-21-15-6-5-13(12(3)17)9-16(15)20-4/h5-9,11-12H,10,17H2,1-4H3. The smallest absolute Gasteiger partial charge is 0.161 e. The normalized spacial score (nSPS) is 12.5. The Balaban J connectivity index is 2.08. The average Bonchev–Trinajstić information content (AvgIpc) is 2.93. The van der Waals surface area contributed by atoms with Gasteiger partial charge in [-0.15, -0.1) is 0 Å². The second-order valence-corrected chi connectivity index (χ2v) is 5.37. The van der Waals surface area contributed by atoms with Crippen molar-refractivity contribution in [3.8, 4) is 11.5 Å². The van der Waals surface area contributed by atoms with Crippen LogP contribution in [0.1, 0.15) is 44.1 Å². The van der Waals surface area contributed by atoms with E-state index in [4.69, 9.17) is 15.2 Å². The van der Waals surface area contributed by atoms with E-state index >= 15 is 0 Å². The van der Waals surface area contributed by atoms with Gasteiger partial charge in [0.05, 0.1) is 12.8 Å². The van der Waals surface area contributed by atoms with Crippen molar-refractivity contribution in [1.82, 2.24) is 9.78 Å². The van der Waals surface area contributed by atoms with E-state index < -0.39 is 0 Å². The molecule has 1 atom stereocenters. The molecule has 0 saturated heterocycles. The molecular weight excluding hydrogens is 266 g/mol. The number of aromatic nitrogens is 2. The van der Waals surface area contributed by atoms with Crippen LogP contribution in [0, 0.1) is 0 Å². The average molecular weight is 289 g/mol. The van der Waals surface area contributed by atoms with Crippen molar-refractivity contribution in [2.24, 2.45) is 5.73 Å². The number of hydrogen-bond acceptors (Lipinski definition) is 4. The first-order valence-corrected chi connectivity index (χ1v) is 7.11. The van der Waals surface area contributed by atoms with Crippen molar-refractivity contribution in [2.75, 3.05) is 7.11 Å². The third-order valence-electron chi connectivity index (χ3n) is 3.28. The summed E-state index contributed by atoms with van der Waals surface area (Å²) in [5.74, 6) is 1.38. The van der Waals surface area contributed by atoms with Crippen LogP contribution in [0.4, 0.5) is 0 Å². The fourth-order valence-corrected chi connectivity index (χ4v) is 1.98. The Hall–Kier alpha value is -2.01. The molecule has 0 saturated carbocycles. The topological polar surface area (TPSA) is 62.3 Å². The highest BCUT2D eigenvalue weighted by Gasteiger charge is 2.09. The molecule has 1 aromatic carbocycles. The first-order chi connectivity index (χ1) is 10.0. The van der Waals surface area contributed by atoms with Crippen LogP contribution in [0.15, 0.2) is 30.5 Å². The van der Waals surface area contributed by atoms with Gasteiger partial charge in [-0.1, -0.05) is 6.07 Å². The highest BCUT2D eigenvalue weighted by Crippen LogP contribution is 2.30. The summed E-state index contributed by atoms with van der Waals surface area (Å²) < 4.78 is 13.1. The fourth-order valence-electron chi connectivity index (χ4n) is 1.98. The summed E-state index contributed by atoms with van der Waals surface area (Å²) in [5.41, 5.74) is 7.78. The zero-order chi connectivity index (χ0) is 15.4. The van der Waals surface area contributed by atoms with Crippen molar-refractivity contribution < 1.29 is 9.47 Å².